The number of hydrogen-bond acceptors (Lipinski definition) is 6. The molecule has 0 saturated heterocycles. The van der Waals surface area contributed by atoms with Gasteiger partial charge in [-0.1, -0.05) is 11.2 Å². The molecule has 0 unspecified atom stereocenters. The molecule has 0 radical (unpaired) electrons. The minimum atomic E-state index is -3.86. The van der Waals surface area contributed by atoms with Crippen LogP contribution >= 0.6 is 0 Å². The molecule has 0 fully saturated rings. The highest BCUT2D eigenvalue weighted by Gasteiger charge is 2.19. The second-order valence-electron chi connectivity index (χ2n) is 7.94. The molecule has 0 aliphatic carbocycles. The molecule has 0 amide bonds. The third-order valence-corrected chi connectivity index (χ3v) is 6.64. The topological polar surface area (TPSA) is 113 Å². The molecule has 0 spiro atoms. The predicted octanol–water partition coefficient (Wildman–Crippen LogP) is 4.09. The monoisotopic (exact) mass is 457 g/mol. The molecule has 0 atom stereocenters. The largest absolute Gasteiger partial charge is 0.478 e. The Morgan fingerprint density at radius 1 is 1.09 bits per heavy atom. The number of anilines is 2. The summed E-state index contributed by atoms with van der Waals surface area (Å²) in [5, 5.41) is 13.7. The van der Waals surface area contributed by atoms with Crippen LogP contribution < -0.4 is 9.62 Å². The average molecular weight is 458 g/mol. The summed E-state index contributed by atoms with van der Waals surface area (Å²) in [5.74, 6) is -0.401. The van der Waals surface area contributed by atoms with Gasteiger partial charge in [-0.3, -0.25) is 4.72 Å². The summed E-state index contributed by atoms with van der Waals surface area (Å²) in [5.41, 5.74) is 4.13. The van der Waals surface area contributed by atoms with Gasteiger partial charge in [0.25, 0.3) is 10.0 Å². The van der Waals surface area contributed by atoms with Gasteiger partial charge in [0.2, 0.25) is 0 Å². The second kappa shape index (κ2) is 9.04. The Morgan fingerprint density at radius 3 is 2.31 bits per heavy atom. The van der Waals surface area contributed by atoms with Gasteiger partial charge in [0.15, 0.2) is 0 Å². The van der Waals surface area contributed by atoms with E-state index in [1.807, 2.05) is 38.7 Å². The van der Waals surface area contributed by atoms with E-state index in [0.29, 0.717) is 18.7 Å². The Kier molecular flexibility index (Phi) is 6.59. The van der Waals surface area contributed by atoms with Crippen molar-refractivity contribution in [1.82, 2.24) is 5.16 Å². The molecule has 2 aromatic carbocycles. The van der Waals surface area contributed by atoms with Crippen molar-refractivity contribution < 1.29 is 22.8 Å². The number of nitrogens with one attached hydrogen (secondary N) is 1. The number of likely N-dealkylation sites (N-methyl/N-ethyl adjacent to an activating group) is 1. The van der Waals surface area contributed by atoms with Crippen molar-refractivity contribution >= 4 is 27.4 Å². The van der Waals surface area contributed by atoms with Crippen molar-refractivity contribution in [2.24, 2.45) is 0 Å². The van der Waals surface area contributed by atoms with E-state index in [1.54, 1.807) is 31.3 Å². The maximum atomic E-state index is 12.8. The number of rotatable bonds is 8. The number of hydrogen-bond donors (Lipinski definition) is 2. The van der Waals surface area contributed by atoms with Crippen LogP contribution in [0.15, 0.2) is 45.8 Å². The Hall–Kier alpha value is -3.33. The number of aromatic nitrogens is 1. The minimum absolute atomic E-state index is 0.00638. The first-order valence-electron chi connectivity index (χ1n) is 10.1. The van der Waals surface area contributed by atoms with Gasteiger partial charge in [0.1, 0.15) is 5.76 Å². The number of benzene rings is 2. The second-order valence-corrected chi connectivity index (χ2v) is 9.62. The third-order valence-electron chi connectivity index (χ3n) is 5.27. The minimum Gasteiger partial charge on any atom is -0.478 e. The molecular weight excluding hydrogens is 430 g/mol. The summed E-state index contributed by atoms with van der Waals surface area (Å²) in [7, 11) is -2.07. The van der Waals surface area contributed by atoms with Crippen LogP contribution in [-0.4, -0.2) is 38.2 Å². The normalized spacial score (nSPS) is 11.4. The highest BCUT2D eigenvalue weighted by atomic mass is 32.2. The van der Waals surface area contributed by atoms with Gasteiger partial charge in [-0.2, -0.15) is 0 Å². The van der Waals surface area contributed by atoms with E-state index >= 15 is 0 Å². The lowest BCUT2D eigenvalue weighted by Gasteiger charge is -2.22. The van der Waals surface area contributed by atoms with Crippen molar-refractivity contribution in [2.75, 3.05) is 23.2 Å². The summed E-state index contributed by atoms with van der Waals surface area (Å²) in [6.45, 7) is 7.89. The number of aryl methyl sites for hydroxylation is 4. The fourth-order valence-corrected chi connectivity index (χ4v) is 4.90. The van der Waals surface area contributed by atoms with Crippen LogP contribution in [0.2, 0.25) is 0 Å². The average Bonchev–Trinajstić information content (AvgIpc) is 3.02. The first-order chi connectivity index (χ1) is 15.0. The molecule has 3 rings (SSSR count). The Balaban J connectivity index is 1.84. The third kappa shape index (κ3) is 5.11. The Labute approximate surface area is 187 Å². The van der Waals surface area contributed by atoms with Gasteiger partial charge in [0.05, 0.1) is 21.8 Å². The number of aromatic carboxylic acids is 1. The van der Waals surface area contributed by atoms with Crippen molar-refractivity contribution in [3.63, 3.8) is 0 Å². The molecule has 170 valence electrons. The molecule has 1 heterocycles. The molecule has 3 aromatic rings. The zero-order chi connectivity index (χ0) is 23.6. The van der Waals surface area contributed by atoms with E-state index < -0.39 is 16.0 Å². The lowest BCUT2D eigenvalue weighted by Crippen LogP contribution is -2.23. The summed E-state index contributed by atoms with van der Waals surface area (Å²) in [6, 6.07) is 9.54. The van der Waals surface area contributed by atoms with Crippen LogP contribution in [0.1, 0.15) is 38.5 Å². The van der Waals surface area contributed by atoms with Crippen LogP contribution in [0, 0.1) is 27.7 Å². The van der Waals surface area contributed by atoms with Crippen molar-refractivity contribution in [3.8, 4) is 0 Å². The van der Waals surface area contributed by atoms with Crippen LogP contribution in [0.5, 0.6) is 0 Å². The number of carbonyl (C=O) groups is 1. The van der Waals surface area contributed by atoms with E-state index in [9.17, 15) is 18.3 Å². The van der Waals surface area contributed by atoms with Gasteiger partial charge < -0.3 is 14.5 Å². The molecular formula is C23H27N3O5S. The Morgan fingerprint density at radius 2 is 1.75 bits per heavy atom. The first kappa shape index (κ1) is 23.3. The smallest absolute Gasteiger partial charge is 0.337 e. The van der Waals surface area contributed by atoms with E-state index in [1.165, 1.54) is 6.07 Å². The van der Waals surface area contributed by atoms with Crippen molar-refractivity contribution in [3.05, 3.63) is 70.1 Å². The van der Waals surface area contributed by atoms with Gasteiger partial charge in [-0.05, 0) is 75.6 Å². The molecule has 0 saturated carbocycles. The molecule has 1 aromatic heterocycles. The van der Waals surface area contributed by atoms with Crippen molar-refractivity contribution in [2.45, 2.75) is 39.0 Å². The lowest BCUT2D eigenvalue weighted by atomic mass is 10.1. The lowest BCUT2D eigenvalue weighted by molar-refractivity contribution is 0.0697. The van der Waals surface area contributed by atoms with E-state index in [4.69, 9.17) is 4.52 Å². The number of sulfonamides is 1. The van der Waals surface area contributed by atoms with Gasteiger partial charge in [-0.25, -0.2) is 13.2 Å². The number of carboxylic acids is 1. The van der Waals surface area contributed by atoms with Crippen molar-refractivity contribution in [1.29, 1.82) is 0 Å². The fraction of sp³-hybridized carbons (Fsp3) is 0.304. The van der Waals surface area contributed by atoms with Crippen LogP contribution in [0.25, 0.3) is 0 Å². The van der Waals surface area contributed by atoms with E-state index in [2.05, 4.69) is 9.88 Å². The van der Waals surface area contributed by atoms with E-state index in [-0.39, 0.29) is 16.1 Å². The highest BCUT2D eigenvalue weighted by Crippen LogP contribution is 2.26. The van der Waals surface area contributed by atoms with E-state index in [0.717, 1.165) is 28.1 Å². The number of carboxylic acid groups (broad SMARTS) is 1. The maximum absolute atomic E-state index is 12.8. The van der Waals surface area contributed by atoms with Gasteiger partial charge in [0, 0.05) is 24.8 Å². The van der Waals surface area contributed by atoms with Crippen LogP contribution in [-0.2, 0) is 16.4 Å². The van der Waals surface area contributed by atoms with Crippen LogP contribution in [0.3, 0.4) is 0 Å². The SMILES string of the molecule is Cc1cc(C)cc(S(=O)(=O)Nc2ccc(N(C)CCc3c(C)noc3C)c(C(=O)O)c2)c1. The Bertz CT molecular complexity index is 1220. The summed E-state index contributed by atoms with van der Waals surface area (Å²) in [4.78, 5) is 13.9. The quantitative estimate of drug-likeness (QED) is 0.524. The molecule has 32 heavy (non-hydrogen) atoms. The summed E-state index contributed by atoms with van der Waals surface area (Å²) >= 11 is 0. The summed E-state index contributed by atoms with van der Waals surface area (Å²) < 4.78 is 33.3. The van der Waals surface area contributed by atoms with Gasteiger partial charge in [-0.15, -0.1) is 0 Å². The molecule has 2 N–H and O–H groups in total. The molecule has 0 bridgehead atoms. The molecule has 9 heteroatoms. The zero-order valence-electron chi connectivity index (χ0n) is 18.8. The van der Waals surface area contributed by atoms with Gasteiger partial charge >= 0.3 is 5.97 Å². The maximum Gasteiger partial charge on any atom is 0.337 e. The standard InChI is InChI=1S/C23H27N3O5S/c1-14-10-15(2)12-19(11-14)32(29,30)25-18-6-7-22(21(13-18)23(27)28)26(5)9-8-20-16(3)24-31-17(20)4/h6-7,10-13,25H,8-9H2,1-5H3,(H,27,28). The number of nitrogens with zero attached hydrogens (tertiary/aromatic N) is 2. The predicted molar refractivity (Wildman–Crippen MR) is 123 cm³/mol. The molecule has 8 nitrogen and oxygen atoms in total. The summed E-state index contributed by atoms with van der Waals surface area (Å²) in [6.07, 6.45) is 0.637. The molecule has 0 aliphatic rings. The fourth-order valence-electron chi connectivity index (χ4n) is 3.66. The molecule has 0 aliphatic heterocycles. The first-order valence-corrected chi connectivity index (χ1v) is 11.6. The zero-order valence-corrected chi connectivity index (χ0v) is 19.6. The highest BCUT2D eigenvalue weighted by molar-refractivity contribution is 7.92. The van der Waals surface area contributed by atoms with Crippen LogP contribution in [0.4, 0.5) is 11.4 Å².